The average molecular weight is 407 g/mol. The van der Waals surface area contributed by atoms with Gasteiger partial charge < -0.3 is 15.0 Å². The van der Waals surface area contributed by atoms with Gasteiger partial charge in [0.25, 0.3) is 0 Å². The molecule has 0 spiro atoms. The lowest BCUT2D eigenvalue weighted by Gasteiger charge is -2.32. The van der Waals surface area contributed by atoms with E-state index in [1.165, 1.54) is 0 Å². The van der Waals surface area contributed by atoms with Gasteiger partial charge in [0, 0.05) is 37.2 Å². The van der Waals surface area contributed by atoms with E-state index in [4.69, 9.17) is 10.5 Å². The molecule has 0 aliphatic carbocycles. The number of aromatic nitrogens is 3. The molecule has 2 aromatic rings. The van der Waals surface area contributed by atoms with Crippen molar-refractivity contribution in [2.24, 2.45) is 5.73 Å². The molecule has 1 saturated heterocycles. The highest BCUT2D eigenvalue weighted by Crippen LogP contribution is 2.37. The molecule has 3 heterocycles. The van der Waals surface area contributed by atoms with Gasteiger partial charge in [0.05, 0.1) is 6.54 Å². The van der Waals surface area contributed by atoms with Crippen molar-refractivity contribution in [1.29, 1.82) is 0 Å². The number of fused-ring (bicyclic) bond motifs is 1. The maximum Gasteiger partial charge on any atom is 0.451 e. The van der Waals surface area contributed by atoms with E-state index in [0.717, 1.165) is 4.57 Å². The van der Waals surface area contributed by atoms with Crippen LogP contribution in [-0.4, -0.2) is 38.5 Å². The van der Waals surface area contributed by atoms with Gasteiger partial charge in [0.15, 0.2) is 11.6 Å². The lowest BCUT2D eigenvalue weighted by atomic mass is 10.0. The zero-order valence-corrected chi connectivity index (χ0v) is 14.3. The Morgan fingerprint density at radius 3 is 2.46 bits per heavy atom. The van der Waals surface area contributed by atoms with Gasteiger partial charge in [0.1, 0.15) is 24.0 Å². The second kappa shape index (κ2) is 6.71. The maximum absolute atomic E-state index is 14.1. The van der Waals surface area contributed by atoms with E-state index in [9.17, 15) is 26.3 Å². The molecule has 0 bridgehead atoms. The average Bonchev–Trinajstić information content (AvgIpc) is 3.21. The summed E-state index contributed by atoms with van der Waals surface area (Å²) in [6, 6.07) is 0.436. The molecule has 2 unspecified atom stereocenters. The van der Waals surface area contributed by atoms with Gasteiger partial charge in [-0.2, -0.15) is 13.2 Å². The van der Waals surface area contributed by atoms with Crippen LogP contribution in [0.2, 0.25) is 0 Å². The van der Waals surface area contributed by atoms with Crippen LogP contribution in [0.3, 0.4) is 0 Å². The standard InChI is InChI=1S/C16H15F6N5O/c17-8-4-10(19)9(18)3-7(8)14-11(23)5-13(28-14)26-1-2-27-12(6-26)24-25-15(27)16(20,21)22/h3-4,11,13-14H,1-2,5-6,23H2/t11-,13?,14?/m1/s1. The summed E-state index contributed by atoms with van der Waals surface area (Å²) in [5, 5.41) is 6.80. The summed E-state index contributed by atoms with van der Waals surface area (Å²) in [6.07, 6.45) is -6.00. The quantitative estimate of drug-likeness (QED) is 0.612. The maximum atomic E-state index is 14.1. The molecule has 0 saturated carbocycles. The van der Waals surface area contributed by atoms with E-state index in [0.29, 0.717) is 12.1 Å². The summed E-state index contributed by atoms with van der Waals surface area (Å²) in [6.45, 7) is 0.239. The number of ether oxygens (including phenoxy) is 1. The minimum absolute atomic E-state index is 0.00349. The van der Waals surface area contributed by atoms with Crippen molar-refractivity contribution in [2.75, 3.05) is 6.54 Å². The Hall–Kier alpha value is -2.18. The number of benzene rings is 1. The fourth-order valence-corrected chi connectivity index (χ4v) is 3.61. The number of alkyl halides is 3. The molecule has 1 aromatic heterocycles. The first-order chi connectivity index (χ1) is 13.1. The topological polar surface area (TPSA) is 69.2 Å². The lowest BCUT2D eigenvalue weighted by molar-refractivity contribution is -0.148. The summed E-state index contributed by atoms with van der Waals surface area (Å²) in [5.74, 6) is -4.46. The Morgan fingerprint density at radius 2 is 1.75 bits per heavy atom. The molecule has 1 fully saturated rings. The van der Waals surface area contributed by atoms with Crippen molar-refractivity contribution in [1.82, 2.24) is 19.7 Å². The molecule has 2 aliphatic rings. The van der Waals surface area contributed by atoms with Crippen LogP contribution in [0.15, 0.2) is 12.1 Å². The second-order valence-electron chi connectivity index (χ2n) is 6.76. The molecule has 2 aliphatic heterocycles. The van der Waals surface area contributed by atoms with Gasteiger partial charge in [-0.25, -0.2) is 13.2 Å². The van der Waals surface area contributed by atoms with Gasteiger partial charge in [-0.15, -0.1) is 10.2 Å². The second-order valence-corrected chi connectivity index (χ2v) is 6.76. The molecule has 28 heavy (non-hydrogen) atoms. The number of rotatable bonds is 2. The fourth-order valence-electron chi connectivity index (χ4n) is 3.61. The first-order valence-electron chi connectivity index (χ1n) is 8.44. The third-order valence-corrected chi connectivity index (χ3v) is 4.96. The number of hydrogen-bond acceptors (Lipinski definition) is 5. The molecule has 2 N–H and O–H groups in total. The van der Waals surface area contributed by atoms with Crippen molar-refractivity contribution < 1.29 is 31.1 Å². The Labute approximate surface area is 154 Å². The highest BCUT2D eigenvalue weighted by Gasteiger charge is 2.43. The molecule has 152 valence electrons. The number of halogens is 6. The van der Waals surface area contributed by atoms with Crippen LogP contribution in [0.5, 0.6) is 0 Å². The Morgan fingerprint density at radius 1 is 1.04 bits per heavy atom. The molecule has 3 atom stereocenters. The van der Waals surface area contributed by atoms with Crippen LogP contribution in [0, 0.1) is 17.5 Å². The summed E-state index contributed by atoms with van der Waals surface area (Å²) >= 11 is 0. The van der Waals surface area contributed by atoms with E-state index in [1.54, 1.807) is 4.90 Å². The molecule has 6 nitrogen and oxygen atoms in total. The van der Waals surface area contributed by atoms with Gasteiger partial charge in [-0.1, -0.05) is 0 Å². The van der Waals surface area contributed by atoms with Crippen LogP contribution >= 0.6 is 0 Å². The van der Waals surface area contributed by atoms with E-state index in [-0.39, 0.29) is 37.4 Å². The molecule has 1 aromatic carbocycles. The molecule has 4 rings (SSSR count). The Balaban J connectivity index is 1.52. The molecule has 12 heteroatoms. The minimum atomic E-state index is -4.60. The van der Waals surface area contributed by atoms with Crippen LogP contribution in [0.25, 0.3) is 0 Å². The van der Waals surface area contributed by atoms with E-state index in [1.807, 2.05) is 0 Å². The van der Waals surface area contributed by atoms with Crippen LogP contribution in [-0.2, 0) is 24.0 Å². The van der Waals surface area contributed by atoms with E-state index < -0.39 is 47.8 Å². The number of hydrogen-bond donors (Lipinski definition) is 1. The van der Waals surface area contributed by atoms with Gasteiger partial charge in [-0.05, 0) is 6.07 Å². The monoisotopic (exact) mass is 407 g/mol. The van der Waals surface area contributed by atoms with Crippen molar-refractivity contribution in [2.45, 2.75) is 44.1 Å². The molecular formula is C16H15F6N5O. The van der Waals surface area contributed by atoms with Crippen LogP contribution in [0.4, 0.5) is 26.3 Å². The largest absolute Gasteiger partial charge is 0.451 e. The smallest absolute Gasteiger partial charge is 0.353 e. The van der Waals surface area contributed by atoms with Gasteiger partial charge >= 0.3 is 6.18 Å². The van der Waals surface area contributed by atoms with Crippen molar-refractivity contribution in [3.63, 3.8) is 0 Å². The predicted molar refractivity (Wildman–Crippen MR) is 82.0 cm³/mol. The lowest BCUT2D eigenvalue weighted by Crippen LogP contribution is -2.42. The van der Waals surface area contributed by atoms with E-state index >= 15 is 0 Å². The molecular weight excluding hydrogens is 392 g/mol. The summed E-state index contributed by atoms with van der Waals surface area (Å²) in [5.41, 5.74) is 5.80. The van der Waals surface area contributed by atoms with Crippen LogP contribution in [0.1, 0.15) is 29.7 Å². The van der Waals surface area contributed by atoms with Gasteiger partial charge in [0.2, 0.25) is 5.82 Å². The van der Waals surface area contributed by atoms with Crippen molar-refractivity contribution in [3.8, 4) is 0 Å². The Kier molecular flexibility index (Phi) is 4.59. The predicted octanol–water partition coefficient (Wildman–Crippen LogP) is 2.34. The normalized spacial score (nSPS) is 25.9. The zero-order chi connectivity index (χ0) is 20.2. The molecule has 0 radical (unpaired) electrons. The van der Waals surface area contributed by atoms with Crippen molar-refractivity contribution in [3.05, 3.63) is 46.8 Å². The summed E-state index contributed by atoms with van der Waals surface area (Å²) < 4.78 is 86.2. The SMILES string of the molecule is N[C@@H]1CC(N2CCn3c(nnc3C(F)(F)F)C2)OC1c1cc(F)c(F)cc1F. The summed E-state index contributed by atoms with van der Waals surface area (Å²) in [4.78, 5) is 1.71. The third kappa shape index (κ3) is 3.25. The first kappa shape index (κ1) is 19.2. The number of nitrogens with zero attached hydrogens (tertiary/aromatic N) is 4. The number of nitrogens with two attached hydrogens (primary N) is 1. The van der Waals surface area contributed by atoms with E-state index in [2.05, 4.69) is 10.2 Å². The highest BCUT2D eigenvalue weighted by molar-refractivity contribution is 5.24. The van der Waals surface area contributed by atoms with Gasteiger partial charge in [-0.3, -0.25) is 4.90 Å². The van der Waals surface area contributed by atoms with Crippen molar-refractivity contribution >= 4 is 0 Å². The highest BCUT2D eigenvalue weighted by atomic mass is 19.4. The zero-order valence-electron chi connectivity index (χ0n) is 14.3. The summed E-state index contributed by atoms with van der Waals surface area (Å²) in [7, 11) is 0. The third-order valence-electron chi connectivity index (χ3n) is 4.96. The van der Waals surface area contributed by atoms with Crippen LogP contribution < -0.4 is 5.73 Å². The Bertz CT molecular complexity index is 900. The molecule has 0 amide bonds. The first-order valence-corrected chi connectivity index (χ1v) is 8.44. The fraction of sp³-hybridized carbons (Fsp3) is 0.500. The minimum Gasteiger partial charge on any atom is -0.353 e.